The van der Waals surface area contributed by atoms with Gasteiger partial charge >= 0.3 is 0 Å². The summed E-state index contributed by atoms with van der Waals surface area (Å²) < 4.78 is 5.59. The molecule has 162 valence electrons. The van der Waals surface area contributed by atoms with Crippen molar-refractivity contribution in [1.82, 2.24) is 9.99 Å². The van der Waals surface area contributed by atoms with E-state index in [0.717, 1.165) is 38.5 Å². The molecule has 1 amide bonds. The number of ether oxygens (including phenoxy) is 1. The molecule has 2 heterocycles. The maximum atomic E-state index is 13.4. The Balaban J connectivity index is 1.90. The van der Waals surface area contributed by atoms with Crippen LogP contribution < -0.4 is 5.09 Å². The highest BCUT2D eigenvalue weighted by molar-refractivity contribution is 7.13. The Morgan fingerprint density at radius 2 is 2.07 bits per heavy atom. The number of carbonyl (C=O) groups is 3. The van der Waals surface area contributed by atoms with Crippen LogP contribution in [0.15, 0.2) is 12.2 Å². The lowest BCUT2D eigenvalue weighted by Crippen LogP contribution is -2.50. The Morgan fingerprint density at radius 3 is 2.72 bits per heavy atom. The smallest absolute Gasteiger partial charge is 0.240 e. The van der Waals surface area contributed by atoms with Crippen LogP contribution in [-0.4, -0.2) is 54.2 Å². The molecule has 3 aliphatic rings. The van der Waals surface area contributed by atoms with Crippen molar-refractivity contribution in [3.05, 3.63) is 12.2 Å². The molecule has 0 aromatic carbocycles. The van der Waals surface area contributed by atoms with E-state index < -0.39 is 11.5 Å². The zero-order valence-electron chi connectivity index (χ0n) is 17.9. The molecule has 7 heteroatoms. The third kappa shape index (κ3) is 4.50. The molecule has 2 fully saturated rings. The van der Waals surface area contributed by atoms with E-state index in [2.05, 4.69) is 26.6 Å². The number of ketones is 2. The highest BCUT2D eigenvalue weighted by Crippen LogP contribution is 2.57. The minimum atomic E-state index is -0.578. The lowest BCUT2D eigenvalue weighted by atomic mass is 9.86. The third-order valence-corrected chi connectivity index (χ3v) is 7.67. The molecule has 0 bridgehead atoms. The number of hydrogen-bond donors (Lipinski definition) is 1. The van der Waals surface area contributed by atoms with Crippen molar-refractivity contribution in [2.24, 2.45) is 17.3 Å². The van der Waals surface area contributed by atoms with E-state index in [1.54, 1.807) is 18.9 Å². The minimum absolute atomic E-state index is 0.00567. The lowest BCUT2D eigenvalue weighted by Gasteiger charge is -2.30. The molecular formula is C22H35N2O4P. The molecule has 2 unspecified atom stereocenters. The number of hydrogen-bond acceptors (Lipinski definition) is 5. The number of amides is 1. The molecule has 0 spiro atoms. The topological polar surface area (TPSA) is 75.7 Å². The Hall–Kier alpha value is -1.10. The van der Waals surface area contributed by atoms with E-state index in [1.165, 1.54) is 0 Å². The van der Waals surface area contributed by atoms with Gasteiger partial charge in [0.2, 0.25) is 5.91 Å². The average Bonchev–Trinajstić information content (AvgIpc) is 3.28. The highest BCUT2D eigenvalue weighted by atomic mass is 31.0. The van der Waals surface area contributed by atoms with Crippen molar-refractivity contribution < 1.29 is 19.1 Å². The molecule has 1 saturated heterocycles. The Bertz CT molecular complexity index is 682. The van der Waals surface area contributed by atoms with Crippen LogP contribution in [0.3, 0.4) is 0 Å². The summed E-state index contributed by atoms with van der Waals surface area (Å²) in [5, 5.41) is 3.07. The number of allylic oxidation sites excluding steroid dienone is 2. The fourth-order valence-corrected chi connectivity index (χ4v) is 5.51. The molecule has 7 atom stereocenters. The number of nitrogens with zero attached hydrogens (tertiary/aromatic N) is 1. The quantitative estimate of drug-likeness (QED) is 0.559. The van der Waals surface area contributed by atoms with Gasteiger partial charge in [0.15, 0.2) is 5.78 Å². The molecule has 0 aromatic rings. The minimum Gasteiger partial charge on any atom is -0.379 e. The number of methoxy groups -OCH3 is 1. The van der Waals surface area contributed by atoms with Gasteiger partial charge in [-0.3, -0.25) is 19.5 Å². The van der Waals surface area contributed by atoms with Crippen LogP contribution in [0.4, 0.5) is 0 Å². The molecular weight excluding hydrogens is 387 g/mol. The van der Waals surface area contributed by atoms with Crippen molar-refractivity contribution in [2.75, 3.05) is 13.7 Å². The predicted molar refractivity (Wildman–Crippen MR) is 115 cm³/mol. The molecule has 1 N–H and O–H groups in total. The molecule has 29 heavy (non-hydrogen) atoms. The molecule has 1 saturated carbocycles. The lowest BCUT2D eigenvalue weighted by molar-refractivity contribution is -0.141. The van der Waals surface area contributed by atoms with Gasteiger partial charge < -0.3 is 9.64 Å². The van der Waals surface area contributed by atoms with Crippen LogP contribution in [0.1, 0.15) is 58.8 Å². The van der Waals surface area contributed by atoms with Crippen LogP contribution in [0, 0.1) is 17.3 Å². The molecule has 6 nitrogen and oxygen atoms in total. The zero-order chi connectivity index (χ0) is 21.2. The van der Waals surface area contributed by atoms with Gasteiger partial charge in [-0.25, -0.2) is 0 Å². The van der Waals surface area contributed by atoms with Gasteiger partial charge in [-0.05, 0) is 38.5 Å². The predicted octanol–water partition coefficient (Wildman–Crippen LogP) is 2.67. The van der Waals surface area contributed by atoms with Gasteiger partial charge in [-0.1, -0.05) is 41.3 Å². The van der Waals surface area contributed by atoms with E-state index in [-0.39, 0.29) is 47.9 Å². The molecule has 3 rings (SSSR count). The van der Waals surface area contributed by atoms with Gasteiger partial charge in [0.1, 0.15) is 5.78 Å². The van der Waals surface area contributed by atoms with Gasteiger partial charge in [-0.15, -0.1) is 0 Å². The maximum Gasteiger partial charge on any atom is 0.240 e. The SMILES string of the molecule is CO[C@H]1CN2C(=O)[C@@H](NP)CCCCC/C=C\[C@@H]3C[C@@]3(C(C)=O)CC(=O)[C@@H]2C1C. The Labute approximate surface area is 176 Å². The van der Waals surface area contributed by atoms with Gasteiger partial charge in [0.05, 0.1) is 18.2 Å². The van der Waals surface area contributed by atoms with E-state index in [9.17, 15) is 14.4 Å². The van der Waals surface area contributed by atoms with Crippen LogP contribution in [0.2, 0.25) is 0 Å². The monoisotopic (exact) mass is 422 g/mol. The fraction of sp³-hybridized carbons (Fsp3) is 0.773. The first-order valence-electron chi connectivity index (χ1n) is 10.9. The summed E-state index contributed by atoms with van der Waals surface area (Å²) in [6.45, 7) is 4.00. The second-order valence-corrected chi connectivity index (χ2v) is 9.35. The Kier molecular flexibility index (Phi) is 7.29. The van der Waals surface area contributed by atoms with Crippen molar-refractivity contribution in [3.8, 4) is 0 Å². The molecule has 1 aliphatic carbocycles. The third-order valence-electron chi connectivity index (χ3n) is 7.27. The number of carbonyl (C=O) groups excluding carboxylic acids is 3. The summed E-state index contributed by atoms with van der Waals surface area (Å²) in [5.41, 5.74) is -0.578. The molecule has 0 radical (unpaired) electrons. The Morgan fingerprint density at radius 1 is 1.31 bits per heavy atom. The van der Waals surface area contributed by atoms with E-state index in [1.807, 2.05) is 6.92 Å². The van der Waals surface area contributed by atoms with Gasteiger partial charge in [-0.2, -0.15) is 0 Å². The number of fused-ring (bicyclic) bond motifs is 2. The first-order chi connectivity index (χ1) is 13.9. The first kappa shape index (κ1) is 22.6. The zero-order valence-corrected chi connectivity index (χ0v) is 19.0. The van der Waals surface area contributed by atoms with Crippen molar-refractivity contribution in [1.29, 1.82) is 0 Å². The van der Waals surface area contributed by atoms with Gasteiger partial charge in [0, 0.05) is 31.4 Å². The number of rotatable bonds is 3. The summed E-state index contributed by atoms with van der Waals surface area (Å²) in [5.74, 6) is 0.0978. The fourth-order valence-electron chi connectivity index (χ4n) is 5.20. The van der Waals surface area contributed by atoms with Crippen LogP contribution in [0.25, 0.3) is 0 Å². The maximum absolute atomic E-state index is 13.4. The second kappa shape index (κ2) is 9.36. The van der Waals surface area contributed by atoms with E-state index in [0.29, 0.717) is 6.54 Å². The highest BCUT2D eigenvalue weighted by Gasteiger charge is 2.59. The normalized spacial score (nSPS) is 39.9. The standard InChI is InChI=1S/C22H35N2O4P/c1-14-19(28-3)13-24-20(14)18(26)12-22(15(2)25)11-16(22)9-7-5-4-6-8-10-17(23-29)21(24)27/h7,9,14,16-17,19-20,23H,4-6,8,10-13,29H2,1-3H3/b9-7-/t14?,16-,17+,19+,20+,22+/m1/s1. The summed E-state index contributed by atoms with van der Waals surface area (Å²) in [6, 6.07) is -0.853. The summed E-state index contributed by atoms with van der Waals surface area (Å²) in [4.78, 5) is 40.9. The first-order valence-corrected chi connectivity index (χ1v) is 11.4. The molecule has 2 aliphatic heterocycles. The summed E-state index contributed by atoms with van der Waals surface area (Å²) in [6.07, 6.45) is 9.91. The average molecular weight is 423 g/mol. The summed E-state index contributed by atoms with van der Waals surface area (Å²) >= 11 is 0. The molecule has 0 aromatic heterocycles. The van der Waals surface area contributed by atoms with E-state index in [4.69, 9.17) is 4.74 Å². The number of Topliss-reactive ketones (excluding diaryl/α,β-unsaturated/α-hetero) is 2. The van der Waals surface area contributed by atoms with E-state index >= 15 is 0 Å². The second-order valence-electron chi connectivity index (χ2n) is 9.02. The van der Waals surface area contributed by atoms with Crippen molar-refractivity contribution in [2.45, 2.75) is 77.0 Å². The summed E-state index contributed by atoms with van der Waals surface area (Å²) in [7, 11) is 4.09. The van der Waals surface area contributed by atoms with Crippen LogP contribution in [-0.2, 0) is 19.1 Å². The van der Waals surface area contributed by atoms with Crippen LogP contribution in [0.5, 0.6) is 0 Å². The van der Waals surface area contributed by atoms with Crippen molar-refractivity contribution >= 4 is 26.9 Å². The van der Waals surface area contributed by atoms with Crippen molar-refractivity contribution in [3.63, 3.8) is 0 Å². The largest absolute Gasteiger partial charge is 0.379 e. The number of nitrogens with one attached hydrogen (secondary N) is 1. The van der Waals surface area contributed by atoms with Gasteiger partial charge in [0.25, 0.3) is 0 Å². The van der Waals surface area contributed by atoms with Crippen LogP contribution >= 0.6 is 9.39 Å².